The number of nitro benzene ring substituents is 1. The normalized spacial score (nSPS) is 12.2. The average Bonchev–Trinajstić information content (AvgIpc) is 2.15. The summed E-state index contributed by atoms with van der Waals surface area (Å²) in [6, 6.07) is 4.19. The van der Waals surface area contributed by atoms with Gasteiger partial charge in [-0.3, -0.25) is 14.9 Å². The number of nitrogens with zero attached hydrogens (tertiary/aromatic N) is 1. The molecule has 0 radical (unpaired) electrons. The summed E-state index contributed by atoms with van der Waals surface area (Å²) in [7, 11) is 0. The SMILES string of the molecule is CC(Br)C(=O)c1cc(Br)cc([N+](=O)[O-])c1. The fraction of sp³-hybridized carbons (Fsp3) is 0.222. The van der Waals surface area contributed by atoms with Gasteiger partial charge in [0, 0.05) is 22.2 Å². The van der Waals surface area contributed by atoms with Crippen LogP contribution in [-0.4, -0.2) is 15.5 Å². The summed E-state index contributed by atoms with van der Waals surface area (Å²) in [6.07, 6.45) is 0. The first-order chi connectivity index (χ1) is 6.91. The Kier molecular flexibility index (Phi) is 3.98. The van der Waals surface area contributed by atoms with E-state index in [9.17, 15) is 14.9 Å². The highest BCUT2D eigenvalue weighted by Gasteiger charge is 2.16. The molecule has 0 aliphatic heterocycles. The summed E-state index contributed by atoms with van der Waals surface area (Å²) in [5.41, 5.74) is 0.223. The lowest BCUT2D eigenvalue weighted by Gasteiger charge is -2.03. The Bertz CT molecular complexity index is 418. The van der Waals surface area contributed by atoms with E-state index in [1.54, 1.807) is 13.0 Å². The standard InChI is InChI=1S/C9H7Br2NO3/c1-5(10)9(13)6-2-7(11)4-8(3-6)12(14)15/h2-5H,1H3. The summed E-state index contributed by atoms with van der Waals surface area (Å²) in [4.78, 5) is 21.3. The van der Waals surface area contributed by atoms with Crippen molar-refractivity contribution in [1.29, 1.82) is 0 Å². The second-order valence-electron chi connectivity index (χ2n) is 2.94. The van der Waals surface area contributed by atoms with Gasteiger partial charge in [-0.05, 0) is 13.0 Å². The number of carbonyl (C=O) groups is 1. The number of halogens is 2. The first kappa shape index (κ1) is 12.3. The van der Waals surface area contributed by atoms with Crippen LogP contribution < -0.4 is 0 Å². The minimum absolute atomic E-state index is 0.0964. The Morgan fingerprint density at radius 1 is 1.47 bits per heavy atom. The van der Waals surface area contributed by atoms with Crippen LogP contribution in [0.5, 0.6) is 0 Å². The van der Waals surface area contributed by atoms with Gasteiger partial charge in [-0.2, -0.15) is 0 Å². The first-order valence-electron chi connectivity index (χ1n) is 4.05. The maximum Gasteiger partial charge on any atom is 0.271 e. The molecule has 1 aromatic carbocycles. The summed E-state index contributed by atoms with van der Waals surface area (Å²) in [5.74, 6) is -0.181. The van der Waals surface area contributed by atoms with Crippen molar-refractivity contribution in [3.05, 3.63) is 38.3 Å². The van der Waals surface area contributed by atoms with Crippen molar-refractivity contribution in [2.24, 2.45) is 0 Å². The number of rotatable bonds is 3. The van der Waals surface area contributed by atoms with Crippen LogP contribution in [0.15, 0.2) is 22.7 Å². The molecule has 1 rings (SSSR count). The summed E-state index contributed by atoms with van der Waals surface area (Å²) in [5, 5.41) is 10.6. The van der Waals surface area contributed by atoms with Gasteiger partial charge < -0.3 is 0 Å². The molecule has 1 atom stereocenters. The van der Waals surface area contributed by atoms with Crippen molar-refractivity contribution in [3.63, 3.8) is 0 Å². The van der Waals surface area contributed by atoms with Crippen molar-refractivity contribution in [1.82, 2.24) is 0 Å². The van der Waals surface area contributed by atoms with Gasteiger partial charge in [0.1, 0.15) is 0 Å². The largest absolute Gasteiger partial charge is 0.293 e. The number of hydrogen-bond donors (Lipinski definition) is 0. The van der Waals surface area contributed by atoms with E-state index in [0.717, 1.165) is 0 Å². The summed E-state index contributed by atoms with van der Waals surface area (Å²) in [6.45, 7) is 1.68. The molecule has 0 amide bonds. The van der Waals surface area contributed by atoms with Crippen LogP contribution in [0, 0.1) is 10.1 Å². The van der Waals surface area contributed by atoms with E-state index in [0.29, 0.717) is 10.0 Å². The van der Waals surface area contributed by atoms with E-state index in [4.69, 9.17) is 0 Å². The lowest BCUT2D eigenvalue weighted by Crippen LogP contribution is -2.10. The number of benzene rings is 1. The Morgan fingerprint density at radius 3 is 2.53 bits per heavy atom. The average molecular weight is 337 g/mol. The van der Waals surface area contributed by atoms with Crippen LogP contribution in [0.2, 0.25) is 0 Å². The molecule has 15 heavy (non-hydrogen) atoms. The van der Waals surface area contributed by atoms with Gasteiger partial charge in [-0.25, -0.2) is 0 Å². The quantitative estimate of drug-likeness (QED) is 0.368. The van der Waals surface area contributed by atoms with E-state index in [1.807, 2.05) is 0 Å². The zero-order chi connectivity index (χ0) is 11.6. The molecule has 0 saturated heterocycles. The van der Waals surface area contributed by atoms with Crippen LogP contribution in [0.25, 0.3) is 0 Å². The molecule has 0 aromatic heterocycles. The van der Waals surface area contributed by atoms with E-state index in [2.05, 4.69) is 31.9 Å². The molecular weight excluding hydrogens is 330 g/mol. The van der Waals surface area contributed by atoms with Crippen molar-refractivity contribution < 1.29 is 9.72 Å². The molecule has 1 aromatic rings. The third kappa shape index (κ3) is 3.10. The zero-order valence-electron chi connectivity index (χ0n) is 7.74. The molecule has 0 aliphatic carbocycles. The van der Waals surface area contributed by atoms with Crippen molar-refractivity contribution in [2.75, 3.05) is 0 Å². The smallest absolute Gasteiger partial charge is 0.271 e. The van der Waals surface area contributed by atoms with Crippen LogP contribution in [0.1, 0.15) is 17.3 Å². The van der Waals surface area contributed by atoms with Crippen LogP contribution in [-0.2, 0) is 0 Å². The van der Waals surface area contributed by atoms with Gasteiger partial charge in [0.15, 0.2) is 5.78 Å². The maximum atomic E-state index is 11.6. The maximum absolute atomic E-state index is 11.6. The molecule has 0 N–H and O–H groups in total. The predicted molar refractivity (Wildman–Crippen MR) is 63.5 cm³/mol. The second kappa shape index (κ2) is 4.85. The fourth-order valence-corrected chi connectivity index (χ4v) is 1.80. The first-order valence-corrected chi connectivity index (χ1v) is 5.76. The van der Waals surface area contributed by atoms with Gasteiger partial charge in [0.2, 0.25) is 0 Å². The van der Waals surface area contributed by atoms with Gasteiger partial charge in [-0.1, -0.05) is 31.9 Å². The molecule has 1 unspecified atom stereocenters. The number of nitro groups is 1. The highest BCUT2D eigenvalue weighted by atomic mass is 79.9. The number of non-ortho nitro benzene ring substituents is 1. The van der Waals surface area contributed by atoms with Gasteiger partial charge >= 0.3 is 0 Å². The molecule has 0 fully saturated rings. The van der Waals surface area contributed by atoms with E-state index in [-0.39, 0.29) is 16.3 Å². The second-order valence-corrected chi connectivity index (χ2v) is 5.22. The molecule has 0 bridgehead atoms. The number of Topliss-reactive ketones (excluding diaryl/α,β-unsaturated/α-hetero) is 1. The van der Waals surface area contributed by atoms with Crippen LogP contribution in [0.4, 0.5) is 5.69 Å². The van der Waals surface area contributed by atoms with E-state index in [1.165, 1.54) is 12.1 Å². The number of alkyl halides is 1. The lowest BCUT2D eigenvalue weighted by molar-refractivity contribution is -0.384. The van der Waals surface area contributed by atoms with Gasteiger partial charge in [-0.15, -0.1) is 0 Å². The zero-order valence-corrected chi connectivity index (χ0v) is 10.9. The molecule has 0 spiro atoms. The Labute approximate surface area is 103 Å². The monoisotopic (exact) mass is 335 g/mol. The minimum atomic E-state index is -0.527. The molecule has 80 valence electrons. The lowest BCUT2D eigenvalue weighted by atomic mass is 10.1. The molecular formula is C9H7Br2NO3. The molecule has 0 saturated carbocycles. The van der Waals surface area contributed by atoms with Crippen LogP contribution in [0.3, 0.4) is 0 Å². The molecule has 6 heteroatoms. The van der Waals surface area contributed by atoms with Crippen molar-refractivity contribution >= 4 is 43.3 Å². The summed E-state index contributed by atoms with van der Waals surface area (Å²) < 4.78 is 0.521. The minimum Gasteiger partial charge on any atom is -0.293 e. The van der Waals surface area contributed by atoms with Crippen LogP contribution >= 0.6 is 31.9 Å². The third-order valence-electron chi connectivity index (χ3n) is 1.74. The van der Waals surface area contributed by atoms with Gasteiger partial charge in [0.25, 0.3) is 5.69 Å². The number of ketones is 1. The summed E-state index contributed by atoms with van der Waals surface area (Å²) >= 11 is 6.25. The van der Waals surface area contributed by atoms with Crippen molar-refractivity contribution in [2.45, 2.75) is 11.8 Å². The van der Waals surface area contributed by atoms with E-state index >= 15 is 0 Å². The Morgan fingerprint density at radius 2 is 2.07 bits per heavy atom. The Hall–Kier alpha value is -0.750. The van der Waals surface area contributed by atoms with E-state index < -0.39 is 4.92 Å². The Balaban J connectivity index is 3.20. The van der Waals surface area contributed by atoms with Gasteiger partial charge in [0.05, 0.1) is 9.75 Å². The molecule has 0 aliphatic rings. The fourth-order valence-electron chi connectivity index (χ4n) is 1.05. The highest BCUT2D eigenvalue weighted by Crippen LogP contribution is 2.23. The third-order valence-corrected chi connectivity index (χ3v) is 2.61. The highest BCUT2D eigenvalue weighted by molar-refractivity contribution is 9.10. The predicted octanol–water partition coefficient (Wildman–Crippen LogP) is 3.32. The number of carbonyl (C=O) groups excluding carboxylic acids is 1. The molecule has 4 nitrogen and oxygen atoms in total. The molecule has 0 heterocycles. The van der Waals surface area contributed by atoms with Crippen molar-refractivity contribution in [3.8, 4) is 0 Å². The topological polar surface area (TPSA) is 60.2 Å². The number of hydrogen-bond acceptors (Lipinski definition) is 3.